The molecule has 1 amide bonds. The third kappa shape index (κ3) is 3.97. The van der Waals surface area contributed by atoms with Crippen LogP contribution in [0.25, 0.3) is 0 Å². The number of likely N-dealkylation sites (N-methyl/N-ethyl adjacent to an activating group) is 1. The van der Waals surface area contributed by atoms with Crippen molar-refractivity contribution < 1.29 is 18.0 Å². The largest absolute Gasteiger partial charge is 0.416 e. The summed E-state index contributed by atoms with van der Waals surface area (Å²) < 4.78 is 37.7. The highest BCUT2D eigenvalue weighted by atomic mass is 19.4. The van der Waals surface area contributed by atoms with Crippen LogP contribution < -0.4 is 10.6 Å². The molecular formula is C15H19F3N2O. The van der Waals surface area contributed by atoms with Crippen molar-refractivity contribution in [3.8, 4) is 0 Å². The smallest absolute Gasteiger partial charge is 0.355 e. The highest BCUT2D eigenvalue weighted by molar-refractivity contribution is 5.81. The molecule has 2 atom stereocenters. The Morgan fingerprint density at radius 2 is 2.00 bits per heavy atom. The third-order valence-corrected chi connectivity index (χ3v) is 3.78. The minimum Gasteiger partial charge on any atom is -0.355 e. The molecule has 0 saturated carbocycles. The van der Waals surface area contributed by atoms with Gasteiger partial charge in [-0.25, -0.2) is 0 Å². The molecule has 0 spiro atoms. The molecule has 116 valence electrons. The van der Waals surface area contributed by atoms with Gasteiger partial charge in [-0.3, -0.25) is 4.79 Å². The summed E-state index contributed by atoms with van der Waals surface area (Å²) in [4.78, 5) is 11.8. The first-order chi connectivity index (χ1) is 9.91. The van der Waals surface area contributed by atoms with E-state index in [1.54, 1.807) is 0 Å². The van der Waals surface area contributed by atoms with E-state index in [4.69, 9.17) is 0 Å². The fraction of sp³-hybridized carbons (Fsp3) is 0.533. The summed E-state index contributed by atoms with van der Waals surface area (Å²) in [6.07, 6.45) is -2.88. The molecule has 1 aliphatic rings. The van der Waals surface area contributed by atoms with Gasteiger partial charge < -0.3 is 10.6 Å². The fourth-order valence-corrected chi connectivity index (χ4v) is 2.66. The van der Waals surface area contributed by atoms with Gasteiger partial charge in [-0.2, -0.15) is 13.2 Å². The predicted molar refractivity (Wildman–Crippen MR) is 73.9 cm³/mol. The Labute approximate surface area is 121 Å². The minimum atomic E-state index is -4.31. The van der Waals surface area contributed by atoms with E-state index >= 15 is 0 Å². The zero-order valence-electron chi connectivity index (χ0n) is 11.8. The molecule has 0 radical (unpaired) electrons. The van der Waals surface area contributed by atoms with Crippen LogP contribution in [0.4, 0.5) is 13.2 Å². The van der Waals surface area contributed by atoms with Crippen LogP contribution in [0.3, 0.4) is 0 Å². The first-order valence-electron chi connectivity index (χ1n) is 7.10. The van der Waals surface area contributed by atoms with Gasteiger partial charge in [-0.1, -0.05) is 12.1 Å². The van der Waals surface area contributed by atoms with E-state index in [1.165, 1.54) is 12.1 Å². The van der Waals surface area contributed by atoms with E-state index < -0.39 is 11.7 Å². The van der Waals surface area contributed by atoms with Crippen LogP contribution in [0.1, 0.15) is 36.8 Å². The lowest BCUT2D eigenvalue weighted by molar-refractivity contribution is -0.137. The molecule has 2 unspecified atom stereocenters. The van der Waals surface area contributed by atoms with Gasteiger partial charge in [0.05, 0.1) is 11.6 Å². The maximum atomic E-state index is 12.6. The Bertz CT molecular complexity index is 485. The highest BCUT2D eigenvalue weighted by Gasteiger charge is 2.31. The Balaban J connectivity index is 2.06. The summed E-state index contributed by atoms with van der Waals surface area (Å²) in [6, 6.07) is 4.99. The van der Waals surface area contributed by atoms with Gasteiger partial charge in [-0.15, -0.1) is 0 Å². The van der Waals surface area contributed by atoms with Crippen molar-refractivity contribution in [3.63, 3.8) is 0 Å². The summed E-state index contributed by atoms with van der Waals surface area (Å²) in [5.74, 6) is 0.0650. The monoisotopic (exact) mass is 300 g/mol. The topological polar surface area (TPSA) is 41.1 Å². The molecule has 0 bridgehead atoms. The number of rotatable bonds is 3. The molecular weight excluding hydrogens is 281 g/mol. The number of halogens is 3. The number of piperidine rings is 1. The molecule has 0 aromatic heterocycles. The van der Waals surface area contributed by atoms with Crippen LogP contribution in [-0.4, -0.2) is 25.0 Å². The van der Waals surface area contributed by atoms with Gasteiger partial charge in [0.2, 0.25) is 5.91 Å². The summed E-state index contributed by atoms with van der Waals surface area (Å²) in [5.41, 5.74) is 0.222. The molecule has 6 heteroatoms. The van der Waals surface area contributed by atoms with Gasteiger partial charge in [0, 0.05) is 6.54 Å². The number of nitrogens with one attached hydrogen (secondary N) is 2. The number of alkyl halides is 3. The maximum absolute atomic E-state index is 12.6. The van der Waals surface area contributed by atoms with Crippen molar-refractivity contribution in [2.24, 2.45) is 0 Å². The van der Waals surface area contributed by atoms with Gasteiger partial charge in [0.15, 0.2) is 0 Å². The maximum Gasteiger partial charge on any atom is 0.416 e. The molecule has 1 heterocycles. The van der Waals surface area contributed by atoms with Gasteiger partial charge in [0.25, 0.3) is 0 Å². The van der Waals surface area contributed by atoms with Crippen molar-refractivity contribution in [3.05, 3.63) is 35.4 Å². The number of hydrogen-bond acceptors (Lipinski definition) is 2. The lowest BCUT2D eigenvalue weighted by Gasteiger charge is -2.30. The van der Waals surface area contributed by atoms with Crippen molar-refractivity contribution in [2.45, 2.75) is 37.9 Å². The first-order valence-corrected chi connectivity index (χ1v) is 7.10. The fourth-order valence-electron chi connectivity index (χ4n) is 2.66. The highest BCUT2D eigenvalue weighted by Crippen LogP contribution is 2.32. The Hall–Kier alpha value is -1.56. The normalized spacial score (nSPS) is 22.9. The van der Waals surface area contributed by atoms with E-state index in [-0.39, 0.29) is 17.9 Å². The van der Waals surface area contributed by atoms with E-state index in [9.17, 15) is 18.0 Å². The first kappa shape index (κ1) is 15.8. The number of benzene rings is 1. The van der Waals surface area contributed by atoms with Crippen LogP contribution in [0, 0.1) is 0 Å². The number of carbonyl (C=O) groups excluding carboxylic acids is 1. The molecule has 3 nitrogen and oxygen atoms in total. The second-order valence-corrected chi connectivity index (χ2v) is 5.24. The average Bonchev–Trinajstić information content (AvgIpc) is 2.47. The minimum absolute atomic E-state index is 0.0471. The number of carbonyl (C=O) groups is 1. The molecule has 21 heavy (non-hydrogen) atoms. The van der Waals surface area contributed by atoms with E-state index in [0.29, 0.717) is 19.5 Å². The van der Waals surface area contributed by atoms with Crippen molar-refractivity contribution in [1.82, 2.24) is 10.6 Å². The summed E-state index contributed by atoms with van der Waals surface area (Å²) in [6.45, 7) is 3.11. The second-order valence-electron chi connectivity index (χ2n) is 5.24. The Kier molecular flexibility index (Phi) is 4.88. The lowest BCUT2D eigenvalue weighted by atomic mass is 9.86. The standard InChI is InChI=1S/C15H19F3N2O/c1-2-19-14(21)13-9-11(7-8-20-13)10-3-5-12(6-4-10)15(16,17)18/h3-6,11,13,20H,2,7-9H2,1H3,(H,19,21). The lowest BCUT2D eigenvalue weighted by Crippen LogP contribution is -2.48. The van der Waals surface area contributed by atoms with Crippen molar-refractivity contribution >= 4 is 5.91 Å². The molecule has 1 aliphatic heterocycles. The van der Waals surface area contributed by atoms with E-state index in [0.717, 1.165) is 24.1 Å². The number of hydrogen-bond donors (Lipinski definition) is 2. The number of amides is 1. The Morgan fingerprint density at radius 1 is 1.33 bits per heavy atom. The molecule has 0 aliphatic carbocycles. The van der Waals surface area contributed by atoms with Crippen LogP contribution in [0.2, 0.25) is 0 Å². The molecule has 1 saturated heterocycles. The average molecular weight is 300 g/mol. The van der Waals surface area contributed by atoms with Gasteiger partial charge in [-0.05, 0) is 49.9 Å². The van der Waals surface area contributed by atoms with Crippen LogP contribution in [-0.2, 0) is 11.0 Å². The molecule has 2 rings (SSSR count). The quantitative estimate of drug-likeness (QED) is 0.901. The van der Waals surface area contributed by atoms with Crippen LogP contribution in [0.15, 0.2) is 24.3 Å². The SMILES string of the molecule is CCNC(=O)C1CC(c2ccc(C(F)(F)F)cc2)CCN1. The molecule has 1 aromatic carbocycles. The van der Waals surface area contributed by atoms with E-state index in [1.807, 2.05) is 6.92 Å². The Morgan fingerprint density at radius 3 is 2.57 bits per heavy atom. The van der Waals surface area contributed by atoms with Gasteiger partial charge >= 0.3 is 6.18 Å². The summed E-state index contributed by atoms with van der Waals surface area (Å²) in [7, 11) is 0. The molecule has 1 aromatic rings. The van der Waals surface area contributed by atoms with Crippen molar-refractivity contribution in [2.75, 3.05) is 13.1 Å². The van der Waals surface area contributed by atoms with Crippen molar-refractivity contribution in [1.29, 1.82) is 0 Å². The predicted octanol–water partition coefficient (Wildman–Crippen LogP) is 2.68. The zero-order valence-corrected chi connectivity index (χ0v) is 11.8. The zero-order chi connectivity index (χ0) is 15.5. The van der Waals surface area contributed by atoms with Crippen LogP contribution in [0.5, 0.6) is 0 Å². The second kappa shape index (κ2) is 6.47. The molecule has 2 N–H and O–H groups in total. The van der Waals surface area contributed by atoms with Crippen LogP contribution >= 0.6 is 0 Å². The summed E-state index contributed by atoms with van der Waals surface area (Å²) in [5, 5.41) is 5.91. The third-order valence-electron chi connectivity index (χ3n) is 3.78. The van der Waals surface area contributed by atoms with E-state index in [2.05, 4.69) is 10.6 Å². The summed E-state index contributed by atoms with van der Waals surface area (Å²) >= 11 is 0. The van der Waals surface area contributed by atoms with Gasteiger partial charge in [0.1, 0.15) is 0 Å². The molecule has 1 fully saturated rings.